The summed E-state index contributed by atoms with van der Waals surface area (Å²) in [6.45, 7) is 5.34. The molecule has 0 aliphatic heterocycles. The van der Waals surface area contributed by atoms with E-state index in [-0.39, 0.29) is 16.6 Å². The fourth-order valence-electron chi connectivity index (χ4n) is 1.75. The molecule has 0 aliphatic rings. The van der Waals surface area contributed by atoms with Crippen molar-refractivity contribution in [3.8, 4) is 0 Å². The number of aromatic nitrogens is 1. The van der Waals surface area contributed by atoms with Crippen LogP contribution in [0, 0.1) is 0 Å². The van der Waals surface area contributed by atoms with Gasteiger partial charge in [0.25, 0.3) is 0 Å². The first-order valence-corrected chi connectivity index (χ1v) is 8.14. The van der Waals surface area contributed by atoms with Crippen molar-refractivity contribution < 1.29 is 14.3 Å². The Kier molecular flexibility index (Phi) is 7.53. The molecule has 1 aromatic heterocycles. The Morgan fingerprint density at radius 2 is 2.05 bits per heavy atom. The molecule has 1 aromatic rings. The zero-order valence-electron chi connectivity index (χ0n) is 12.4. The van der Waals surface area contributed by atoms with Gasteiger partial charge in [-0.25, -0.2) is 9.78 Å². The van der Waals surface area contributed by atoms with E-state index in [4.69, 9.17) is 11.6 Å². The fourth-order valence-corrected chi connectivity index (χ4v) is 2.78. The third-order valence-corrected chi connectivity index (χ3v) is 4.20. The molecule has 0 saturated heterocycles. The van der Waals surface area contributed by atoms with Gasteiger partial charge in [0.05, 0.1) is 18.4 Å². The lowest BCUT2D eigenvalue weighted by Gasteiger charge is -2.18. The molecule has 0 aromatic carbocycles. The number of rotatable bonds is 7. The molecule has 1 heterocycles. The molecule has 0 fully saturated rings. The Bertz CT molecular complexity index is 507. The van der Waals surface area contributed by atoms with Gasteiger partial charge in [-0.15, -0.1) is 11.8 Å². The highest BCUT2D eigenvalue weighted by Gasteiger charge is 2.13. The van der Waals surface area contributed by atoms with Crippen molar-refractivity contribution >= 4 is 35.2 Å². The second-order valence-corrected chi connectivity index (χ2v) is 5.58. The number of ether oxygens (including phenoxy) is 1. The van der Waals surface area contributed by atoms with Crippen LogP contribution in [-0.2, 0) is 15.3 Å². The Hall–Kier alpha value is -1.27. The van der Waals surface area contributed by atoms with E-state index in [2.05, 4.69) is 9.72 Å². The van der Waals surface area contributed by atoms with Crippen molar-refractivity contribution in [3.05, 3.63) is 28.5 Å². The molecule has 1 rings (SSSR count). The lowest BCUT2D eigenvalue weighted by Crippen LogP contribution is -2.31. The summed E-state index contributed by atoms with van der Waals surface area (Å²) < 4.78 is 4.64. The molecule has 116 valence electrons. The van der Waals surface area contributed by atoms with Gasteiger partial charge in [0, 0.05) is 25.0 Å². The van der Waals surface area contributed by atoms with Crippen LogP contribution in [0.5, 0.6) is 0 Å². The number of carbonyl (C=O) groups is 2. The van der Waals surface area contributed by atoms with Gasteiger partial charge in [0.1, 0.15) is 5.15 Å². The van der Waals surface area contributed by atoms with E-state index in [0.29, 0.717) is 24.6 Å². The summed E-state index contributed by atoms with van der Waals surface area (Å²) in [5.41, 5.74) is 1.07. The van der Waals surface area contributed by atoms with Gasteiger partial charge in [-0.3, -0.25) is 4.79 Å². The number of halogens is 1. The number of amides is 1. The quantitative estimate of drug-likeness (QED) is 0.568. The van der Waals surface area contributed by atoms with E-state index in [1.54, 1.807) is 17.2 Å². The van der Waals surface area contributed by atoms with E-state index >= 15 is 0 Å². The van der Waals surface area contributed by atoms with Crippen molar-refractivity contribution in [3.63, 3.8) is 0 Å². The molecule has 0 spiro atoms. The summed E-state index contributed by atoms with van der Waals surface area (Å²) in [6, 6.07) is 1.65. The predicted molar refractivity (Wildman–Crippen MR) is 84.7 cm³/mol. The van der Waals surface area contributed by atoms with Crippen LogP contribution in [0.1, 0.15) is 29.8 Å². The summed E-state index contributed by atoms with van der Waals surface area (Å²) in [5, 5.41) is 0.120. The number of carbonyl (C=O) groups excluding carboxylic acids is 2. The minimum Gasteiger partial charge on any atom is -0.465 e. The normalized spacial score (nSPS) is 10.3. The molecule has 1 amide bonds. The lowest BCUT2D eigenvalue weighted by molar-refractivity contribution is -0.127. The fraction of sp³-hybridized carbons (Fsp3) is 0.500. The van der Waals surface area contributed by atoms with Crippen LogP contribution in [0.4, 0.5) is 0 Å². The number of hydrogen-bond acceptors (Lipinski definition) is 5. The smallest absolute Gasteiger partial charge is 0.341 e. The standard InChI is InChI=1S/C14H19ClN2O3S/c1-4-17(5-2)12(18)9-21-8-10-6-11(14(19)20-3)13(15)16-7-10/h6-7H,4-5,8-9H2,1-3H3. The molecule has 0 radical (unpaired) electrons. The van der Waals surface area contributed by atoms with E-state index in [0.717, 1.165) is 5.56 Å². The Balaban J connectivity index is 2.60. The van der Waals surface area contributed by atoms with Crippen molar-refractivity contribution in [2.45, 2.75) is 19.6 Å². The average molecular weight is 331 g/mol. The highest BCUT2D eigenvalue weighted by atomic mass is 35.5. The van der Waals surface area contributed by atoms with Crippen LogP contribution in [0.25, 0.3) is 0 Å². The summed E-state index contributed by atoms with van der Waals surface area (Å²) in [6.07, 6.45) is 1.60. The van der Waals surface area contributed by atoms with Gasteiger partial charge in [0.2, 0.25) is 5.91 Å². The van der Waals surface area contributed by atoms with Gasteiger partial charge >= 0.3 is 5.97 Å². The predicted octanol–water partition coefficient (Wildman–Crippen LogP) is 2.62. The lowest BCUT2D eigenvalue weighted by atomic mass is 10.2. The van der Waals surface area contributed by atoms with E-state index in [1.807, 2.05) is 13.8 Å². The minimum atomic E-state index is -0.515. The van der Waals surface area contributed by atoms with Crippen LogP contribution >= 0.6 is 23.4 Å². The molecule has 0 aliphatic carbocycles. The topological polar surface area (TPSA) is 59.5 Å². The maximum Gasteiger partial charge on any atom is 0.341 e. The van der Waals surface area contributed by atoms with Crippen LogP contribution in [0.2, 0.25) is 5.15 Å². The summed E-state index contributed by atoms with van der Waals surface area (Å²) >= 11 is 7.33. The SMILES string of the molecule is CCN(CC)C(=O)CSCc1cnc(Cl)c(C(=O)OC)c1. The molecule has 7 heteroatoms. The van der Waals surface area contributed by atoms with Crippen molar-refractivity contribution in [1.29, 1.82) is 0 Å². The van der Waals surface area contributed by atoms with Gasteiger partial charge < -0.3 is 9.64 Å². The summed E-state index contributed by atoms with van der Waals surface area (Å²) in [7, 11) is 1.29. The third kappa shape index (κ3) is 5.21. The van der Waals surface area contributed by atoms with Crippen LogP contribution in [0.15, 0.2) is 12.3 Å². The van der Waals surface area contributed by atoms with Crippen molar-refractivity contribution in [2.24, 2.45) is 0 Å². The highest BCUT2D eigenvalue weighted by molar-refractivity contribution is 7.99. The van der Waals surface area contributed by atoms with E-state index < -0.39 is 5.97 Å². The van der Waals surface area contributed by atoms with Crippen LogP contribution < -0.4 is 0 Å². The molecule has 0 saturated carbocycles. The number of hydrogen-bond donors (Lipinski definition) is 0. The molecular weight excluding hydrogens is 312 g/mol. The Morgan fingerprint density at radius 1 is 1.38 bits per heavy atom. The number of esters is 1. The first-order valence-electron chi connectivity index (χ1n) is 6.61. The zero-order valence-corrected chi connectivity index (χ0v) is 14.0. The second-order valence-electron chi connectivity index (χ2n) is 4.23. The Labute approximate surface area is 134 Å². The van der Waals surface area contributed by atoms with E-state index in [9.17, 15) is 9.59 Å². The first kappa shape index (κ1) is 17.8. The monoisotopic (exact) mass is 330 g/mol. The molecule has 5 nitrogen and oxygen atoms in total. The molecule has 0 bridgehead atoms. The summed E-state index contributed by atoms with van der Waals surface area (Å²) in [5.74, 6) is 0.581. The molecule has 0 unspecified atom stereocenters. The van der Waals surface area contributed by atoms with Crippen LogP contribution in [-0.4, -0.2) is 47.7 Å². The number of pyridine rings is 1. The van der Waals surface area contributed by atoms with E-state index in [1.165, 1.54) is 18.9 Å². The molecule has 21 heavy (non-hydrogen) atoms. The molecule has 0 N–H and O–H groups in total. The van der Waals surface area contributed by atoms with Gasteiger partial charge in [-0.2, -0.15) is 0 Å². The molecular formula is C14H19ClN2O3S. The number of nitrogens with zero attached hydrogens (tertiary/aromatic N) is 2. The maximum atomic E-state index is 11.9. The van der Waals surface area contributed by atoms with Gasteiger partial charge in [-0.05, 0) is 25.5 Å². The first-order chi connectivity index (χ1) is 10.0. The molecule has 0 atom stereocenters. The number of methoxy groups -OCH3 is 1. The second kappa shape index (κ2) is 8.89. The van der Waals surface area contributed by atoms with Gasteiger partial charge in [0.15, 0.2) is 0 Å². The number of thioether (sulfide) groups is 1. The Morgan fingerprint density at radius 3 is 2.62 bits per heavy atom. The largest absolute Gasteiger partial charge is 0.465 e. The third-order valence-electron chi connectivity index (χ3n) is 2.91. The maximum absolute atomic E-state index is 11.9. The minimum absolute atomic E-state index is 0.111. The van der Waals surface area contributed by atoms with Crippen LogP contribution in [0.3, 0.4) is 0 Å². The highest BCUT2D eigenvalue weighted by Crippen LogP contribution is 2.19. The van der Waals surface area contributed by atoms with Crippen molar-refractivity contribution in [2.75, 3.05) is 26.0 Å². The van der Waals surface area contributed by atoms with Crippen molar-refractivity contribution in [1.82, 2.24) is 9.88 Å². The average Bonchev–Trinajstić information content (AvgIpc) is 2.49. The summed E-state index contributed by atoms with van der Waals surface area (Å²) in [4.78, 5) is 29.1. The van der Waals surface area contributed by atoms with Gasteiger partial charge in [-0.1, -0.05) is 11.6 Å². The zero-order chi connectivity index (χ0) is 15.8.